The zero-order chi connectivity index (χ0) is 13.0. The summed E-state index contributed by atoms with van der Waals surface area (Å²) in [5, 5.41) is 2.95. The molecule has 1 aliphatic rings. The number of amides is 2. The van der Waals surface area contributed by atoms with E-state index in [2.05, 4.69) is 18.3 Å². The Labute approximate surface area is 108 Å². The van der Waals surface area contributed by atoms with Crippen molar-refractivity contribution in [2.75, 3.05) is 18.8 Å². The van der Waals surface area contributed by atoms with Crippen LogP contribution >= 0.6 is 0 Å². The van der Waals surface area contributed by atoms with Crippen molar-refractivity contribution in [3.05, 3.63) is 29.3 Å². The molecule has 0 saturated carbocycles. The van der Waals surface area contributed by atoms with Gasteiger partial charge in [0.25, 0.3) is 0 Å². The third-order valence-corrected chi connectivity index (χ3v) is 3.40. The first-order valence-electron chi connectivity index (χ1n) is 6.61. The van der Waals surface area contributed by atoms with Crippen molar-refractivity contribution >= 4 is 11.7 Å². The Kier molecular flexibility index (Phi) is 4.07. The Bertz CT molecular complexity index is 431. The maximum absolute atomic E-state index is 12.0. The average Bonchev–Trinajstić information content (AvgIpc) is 2.39. The first-order valence-corrected chi connectivity index (χ1v) is 6.61. The molecule has 1 aromatic rings. The van der Waals surface area contributed by atoms with Gasteiger partial charge in [-0.15, -0.1) is 0 Å². The molecule has 18 heavy (non-hydrogen) atoms. The maximum atomic E-state index is 12.0. The average molecular weight is 247 g/mol. The molecule has 0 aliphatic carbocycles. The molecule has 0 spiro atoms. The molecule has 0 radical (unpaired) electrons. The second kappa shape index (κ2) is 5.76. The highest BCUT2D eigenvalue weighted by Crippen LogP contribution is 2.24. The summed E-state index contributed by atoms with van der Waals surface area (Å²) in [6.07, 6.45) is 3.01. The molecule has 0 saturated heterocycles. The van der Waals surface area contributed by atoms with Gasteiger partial charge in [0.2, 0.25) is 0 Å². The molecule has 4 nitrogen and oxygen atoms in total. The zero-order valence-corrected chi connectivity index (χ0v) is 10.9. The summed E-state index contributed by atoms with van der Waals surface area (Å²) in [6, 6.07) is 6.00. The summed E-state index contributed by atoms with van der Waals surface area (Å²) >= 11 is 0. The van der Waals surface area contributed by atoms with Gasteiger partial charge in [0, 0.05) is 25.3 Å². The summed E-state index contributed by atoms with van der Waals surface area (Å²) in [5.74, 6) is 0. The summed E-state index contributed by atoms with van der Waals surface area (Å²) in [6.45, 7) is 4.27. The zero-order valence-electron chi connectivity index (χ0n) is 10.9. The molecule has 0 unspecified atom stereocenters. The minimum absolute atomic E-state index is 0.0253. The topological polar surface area (TPSA) is 58.4 Å². The van der Waals surface area contributed by atoms with Crippen LogP contribution in [0.25, 0.3) is 0 Å². The molecule has 2 amide bonds. The summed E-state index contributed by atoms with van der Waals surface area (Å²) < 4.78 is 0. The van der Waals surface area contributed by atoms with E-state index in [1.165, 1.54) is 5.56 Å². The number of nitrogens with two attached hydrogens (primary N) is 1. The van der Waals surface area contributed by atoms with E-state index in [-0.39, 0.29) is 6.03 Å². The number of carbonyl (C=O) groups is 1. The van der Waals surface area contributed by atoms with E-state index < -0.39 is 0 Å². The monoisotopic (exact) mass is 247 g/mol. The van der Waals surface area contributed by atoms with Gasteiger partial charge in [0.05, 0.1) is 0 Å². The fourth-order valence-electron chi connectivity index (χ4n) is 2.26. The highest BCUT2D eigenvalue weighted by Gasteiger charge is 2.21. The van der Waals surface area contributed by atoms with Gasteiger partial charge in [-0.1, -0.05) is 25.5 Å². The number of rotatable bonds is 3. The van der Waals surface area contributed by atoms with Gasteiger partial charge < -0.3 is 16.0 Å². The number of nitrogens with one attached hydrogen (secondary N) is 1. The van der Waals surface area contributed by atoms with Crippen LogP contribution < -0.4 is 11.1 Å². The Morgan fingerprint density at radius 1 is 1.50 bits per heavy atom. The number of benzene rings is 1. The van der Waals surface area contributed by atoms with Gasteiger partial charge in [-0.05, 0) is 30.0 Å². The molecule has 2 rings (SSSR count). The standard InChI is InChI=1S/C14H21N3O/c1-2-3-8-16-14(18)17-9-7-11-5-4-6-13(15)12(11)10-17/h4-6H,2-3,7-10,15H2,1H3,(H,16,18). The third kappa shape index (κ3) is 2.75. The number of nitrogen functional groups attached to an aromatic ring is 1. The third-order valence-electron chi connectivity index (χ3n) is 3.40. The van der Waals surface area contributed by atoms with E-state index in [1.807, 2.05) is 17.0 Å². The summed E-state index contributed by atoms with van der Waals surface area (Å²) in [7, 11) is 0. The molecule has 1 aliphatic heterocycles. The van der Waals surface area contributed by atoms with Crippen LogP contribution in [0.1, 0.15) is 30.9 Å². The second-order valence-corrected chi connectivity index (χ2v) is 4.74. The lowest BCUT2D eigenvalue weighted by molar-refractivity contribution is 0.192. The molecule has 4 heteroatoms. The molecule has 0 bridgehead atoms. The number of anilines is 1. The Balaban J connectivity index is 1.99. The van der Waals surface area contributed by atoms with Gasteiger partial charge in [0.1, 0.15) is 0 Å². The van der Waals surface area contributed by atoms with Crippen molar-refractivity contribution in [2.24, 2.45) is 0 Å². The lowest BCUT2D eigenvalue weighted by Gasteiger charge is -2.29. The molecule has 1 heterocycles. The van der Waals surface area contributed by atoms with Crippen LogP contribution in [0.3, 0.4) is 0 Å². The molecular weight excluding hydrogens is 226 g/mol. The van der Waals surface area contributed by atoms with Crippen molar-refractivity contribution < 1.29 is 4.79 Å². The number of fused-ring (bicyclic) bond motifs is 1. The Hall–Kier alpha value is -1.71. The van der Waals surface area contributed by atoms with Gasteiger partial charge in [-0.25, -0.2) is 4.79 Å². The van der Waals surface area contributed by atoms with Gasteiger partial charge in [0.15, 0.2) is 0 Å². The van der Waals surface area contributed by atoms with E-state index in [0.29, 0.717) is 6.54 Å². The number of nitrogens with zero attached hydrogens (tertiary/aromatic N) is 1. The van der Waals surface area contributed by atoms with Crippen LogP contribution in [0.4, 0.5) is 10.5 Å². The smallest absolute Gasteiger partial charge is 0.317 e. The number of carbonyl (C=O) groups excluding carboxylic acids is 1. The number of urea groups is 1. The minimum Gasteiger partial charge on any atom is -0.398 e. The van der Waals surface area contributed by atoms with E-state index in [9.17, 15) is 4.79 Å². The van der Waals surface area contributed by atoms with Gasteiger partial charge >= 0.3 is 6.03 Å². The van der Waals surface area contributed by atoms with Crippen molar-refractivity contribution in [3.63, 3.8) is 0 Å². The van der Waals surface area contributed by atoms with Crippen LogP contribution in [0.15, 0.2) is 18.2 Å². The van der Waals surface area contributed by atoms with Gasteiger partial charge in [-0.2, -0.15) is 0 Å². The van der Waals surface area contributed by atoms with E-state index >= 15 is 0 Å². The summed E-state index contributed by atoms with van der Waals surface area (Å²) in [5.41, 5.74) is 9.13. The molecular formula is C14H21N3O. The lowest BCUT2D eigenvalue weighted by Crippen LogP contribution is -2.43. The van der Waals surface area contributed by atoms with Crippen molar-refractivity contribution in [1.82, 2.24) is 10.2 Å². The normalized spacial score (nSPS) is 14.2. The van der Waals surface area contributed by atoms with Crippen molar-refractivity contribution in [2.45, 2.75) is 32.7 Å². The largest absolute Gasteiger partial charge is 0.398 e. The number of hydrogen-bond donors (Lipinski definition) is 2. The van der Waals surface area contributed by atoms with Crippen LogP contribution in [0, 0.1) is 0 Å². The maximum Gasteiger partial charge on any atom is 0.317 e. The van der Waals surface area contributed by atoms with Crippen LogP contribution in [0.5, 0.6) is 0 Å². The molecule has 0 atom stereocenters. The van der Waals surface area contributed by atoms with E-state index in [1.54, 1.807) is 0 Å². The fraction of sp³-hybridized carbons (Fsp3) is 0.500. The van der Waals surface area contributed by atoms with Gasteiger partial charge in [-0.3, -0.25) is 0 Å². The van der Waals surface area contributed by atoms with Crippen molar-refractivity contribution in [1.29, 1.82) is 0 Å². The molecule has 0 aromatic heterocycles. The van der Waals surface area contributed by atoms with Crippen LogP contribution in [0.2, 0.25) is 0 Å². The van der Waals surface area contributed by atoms with Crippen LogP contribution in [-0.2, 0) is 13.0 Å². The second-order valence-electron chi connectivity index (χ2n) is 4.74. The van der Waals surface area contributed by atoms with E-state index in [0.717, 1.165) is 43.6 Å². The first kappa shape index (κ1) is 12.7. The quantitative estimate of drug-likeness (QED) is 0.635. The van der Waals surface area contributed by atoms with Crippen molar-refractivity contribution in [3.8, 4) is 0 Å². The molecule has 98 valence electrons. The molecule has 1 aromatic carbocycles. The molecule has 0 fully saturated rings. The summed E-state index contributed by atoms with van der Waals surface area (Å²) in [4.78, 5) is 13.8. The number of hydrogen-bond acceptors (Lipinski definition) is 2. The highest BCUT2D eigenvalue weighted by molar-refractivity contribution is 5.75. The lowest BCUT2D eigenvalue weighted by atomic mass is 9.98. The SMILES string of the molecule is CCCCNC(=O)N1CCc2cccc(N)c2C1. The van der Waals surface area contributed by atoms with Crippen LogP contribution in [-0.4, -0.2) is 24.0 Å². The van der Waals surface area contributed by atoms with E-state index in [4.69, 9.17) is 5.73 Å². The predicted molar refractivity (Wildman–Crippen MR) is 73.3 cm³/mol. The minimum atomic E-state index is 0.0253. The highest BCUT2D eigenvalue weighted by atomic mass is 16.2. The Morgan fingerprint density at radius 3 is 3.11 bits per heavy atom. The molecule has 3 N–H and O–H groups in total. The number of unbranched alkanes of at least 4 members (excludes halogenated alkanes) is 1. The fourth-order valence-corrected chi connectivity index (χ4v) is 2.26. The Morgan fingerprint density at radius 2 is 2.33 bits per heavy atom. The first-order chi connectivity index (χ1) is 8.72. The predicted octanol–water partition coefficient (Wildman–Crippen LogP) is 2.14.